The van der Waals surface area contributed by atoms with Gasteiger partial charge in [0.05, 0.1) is 29.6 Å². The van der Waals surface area contributed by atoms with Gasteiger partial charge in [0.25, 0.3) is 5.91 Å². The molecule has 3 aromatic carbocycles. The van der Waals surface area contributed by atoms with Crippen LogP contribution in [-0.4, -0.2) is 30.1 Å². The van der Waals surface area contributed by atoms with E-state index >= 15 is 0 Å². The van der Waals surface area contributed by atoms with Crippen LogP contribution in [0.1, 0.15) is 32.0 Å². The highest BCUT2D eigenvalue weighted by atomic mass is 16.5. The van der Waals surface area contributed by atoms with Gasteiger partial charge in [0, 0.05) is 11.1 Å². The third-order valence-electron chi connectivity index (χ3n) is 5.92. The molecular weight excluding hydrogens is 470 g/mol. The first kappa shape index (κ1) is 23.6. The van der Waals surface area contributed by atoms with Crippen molar-refractivity contribution in [1.82, 2.24) is 0 Å². The molecule has 0 radical (unpaired) electrons. The fraction of sp³-hybridized carbons (Fsp3) is 0.0333. The summed E-state index contributed by atoms with van der Waals surface area (Å²) < 4.78 is 10.7. The molecule has 7 nitrogen and oxygen atoms in total. The number of hydrogen-bond acceptors (Lipinski definition) is 5. The average molecular weight is 491 g/mol. The van der Waals surface area contributed by atoms with Gasteiger partial charge in [-0.15, -0.1) is 0 Å². The third kappa shape index (κ3) is 4.70. The Morgan fingerprint density at radius 1 is 0.865 bits per heavy atom. The predicted octanol–water partition coefficient (Wildman–Crippen LogP) is 5.90. The van der Waals surface area contributed by atoms with Crippen molar-refractivity contribution in [3.63, 3.8) is 0 Å². The zero-order chi connectivity index (χ0) is 25.9. The first-order valence-corrected chi connectivity index (χ1v) is 11.4. The van der Waals surface area contributed by atoms with Gasteiger partial charge in [-0.05, 0) is 60.2 Å². The summed E-state index contributed by atoms with van der Waals surface area (Å²) in [6, 6.07) is 26.0. The minimum absolute atomic E-state index is 0.0871. The van der Waals surface area contributed by atoms with Gasteiger partial charge in [-0.3, -0.25) is 9.69 Å². The van der Waals surface area contributed by atoms with Crippen LogP contribution in [0, 0.1) is 0 Å². The maximum absolute atomic E-state index is 13.6. The van der Waals surface area contributed by atoms with Crippen LogP contribution in [0.5, 0.6) is 0 Å². The molecular formula is C30H21NO6. The number of aromatic carboxylic acids is 1. The van der Waals surface area contributed by atoms with Crippen molar-refractivity contribution in [1.29, 1.82) is 0 Å². The number of esters is 1. The molecule has 0 saturated heterocycles. The lowest BCUT2D eigenvalue weighted by molar-refractivity contribution is -0.113. The summed E-state index contributed by atoms with van der Waals surface area (Å²) in [6.45, 7) is 0. The Bertz CT molecular complexity index is 1560. The number of hydrogen-bond donors (Lipinski definition) is 1. The predicted molar refractivity (Wildman–Crippen MR) is 139 cm³/mol. The van der Waals surface area contributed by atoms with Gasteiger partial charge >= 0.3 is 11.9 Å². The summed E-state index contributed by atoms with van der Waals surface area (Å²) in [4.78, 5) is 38.3. The SMILES string of the molecule is COC(=O)c1ccc(-c2ccc(/C=C3\C=C(c4ccccc4)N(c4cccc(C(=O)O)c4)C3=O)o2)cc1. The Morgan fingerprint density at radius 2 is 1.62 bits per heavy atom. The van der Waals surface area contributed by atoms with E-state index in [9.17, 15) is 19.5 Å². The van der Waals surface area contributed by atoms with Crippen molar-refractivity contribution < 1.29 is 28.6 Å². The monoisotopic (exact) mass is 491 g/mol. The van der Waals surface area contributed by atoms with Crippen LogP contribution in [0.3, 0.4) is 0 Å². The lowest BCUT2D eigenvalue weighted by atomic mass is 10.1. The lowest BCUT2D eigenvalue weighted by Gasteiger charge is -2.21. The first-order valence-electron chi connectivity index (χ1n) is 11.4. The summed E-state index contributed by atoms with van der Waals surface area (Å²) in [5, 5.41) is 9.43. The number of carbonyl (C=O) groups is 3. The number of nitrogens with zero attached hydrogens (tertiary/aromatic N) is 1. The summed E-state index contributed by atoms with van der Waals surface area (Å²) in [5.74, 6) is -0.748. The number of carboxylic acids is 1. The van der Waals surface area contributed by atoms with Gasteiger partial charge in [-0.25, -0.2) is 9.59 Å². The number of carbonyl (C=O) groups excluding carboxylic acids is 2. The minimum atomic E-state index is -1.07. The van der Waals surface area contributed by atoms with E-state index in [1.54, 1.807) is 60.7 Å². The lowest BCUT2D eigenvalue weighted by Crippen LogP contribution is -2.25. The van der Waals surface area contributed by atoms with Crippen LogP contribution in [0.2, 0.25) is 0 Å². The number of rotatable bonds is 6. The molecule has 5 rings (SSSR count). The Labute approximate surface area is 212 Å². The van der Waals surface area contributed by atoms with Crippen molar-refractivity contribution in [2.45, 2.75) is 0 Å². The zero-order valence-corrected chi connectivity index (χ0v) is 19.8. The van der Waals surface area contributed by atoms with Gasteiger partial charge < -0.3 is 14.3 Å². The molecule has 7 heteroatoms. The number of furan rings is 1. The van der Waals surface area contributed by atoms with Crippen LogP contribution in [0.25, 0.3) is 23.1 Å². The highest BCUT2D eigenvalue weighted by Crippen LogP contribution is 2.36. The third-order valence-corrected chi connectivity index (χ3v) is 5.92. The molecule has 2 heterocycles. The normalized spacial score (nSPS) is 14.1. The van der Waals surface area contributed by atoms with E-state index in [1.165, 1.54) is 24.1 Å². The Hall–Kier alpha value is -5.17. The molecule has 0 spiro atoms. The standard InChI is InChI=1S/C30H21NO6/c1-36-30(35)21-12-10-20(11-13-21)27-15-14-25(37-27)17-23-18-26(19-6-3-2-4-7-19)31(28(23)32)24-9-5-8-22(16-24)29(33)34/h2-18H,1H3,(H,33,34)/b23-17+. The maximum atomic E-state index is 13.6. The fourth-order valence-electron chi connectivity index (χ4n) is 4.10. The number of methoxy groups -OCH3 is 1. The largest absolute Gasteiger partial charge is 0.478 e. The van der Waals surface area contributed by atoms with Gasteiger partial charge in [-0.1, -0.05) is 48.5 Å². The molecule has 1 aliphatic heterocycles. The number of ether oxygens (including phenoxy) is 1. The van der Waals surface area contributed by atoms with Crippen LogP contribution >= 0.6 is 0 Å². The van der Waals surface area contributed by atoms with Crippen molar-refractivity contribution >= 4 is 35.3 Å². The minimum Gasteiger partial charge on any atom is -0.478 e. The molecule has 0 atom stereocenters. The van der Waals surface area contributed by atoms with Crippen LogP contribution in [0.4, 0.5) is 5.69 Å². The Kier molecular flexibility index (Phi) is 6.26. The summed E-state index contributed by atoms with van der Waals surface area (Å²) in [6.07, 6.45) is 3.41. The molecule has 1 aromatic heterocycles. The molecule has 182 valence electrons. The van der Waals surface area contributed by atoms with E-state index in [2.05, 4.69) is 0 Å². The summed E-state index contributed by atoms with van der Waals surface area (Å²) >= 11 is 0. The van der Waals surface area contributed by atoms with Crippen molar-refractivity contribution in [3.8, 4) is 11.3 Å². The molecule has 0 unspecified atom stereocenters. The van der Waals surface area contributed by atoms with E-state index in [1.807, 2.05) is 30.3 Å². The molecule has 37 heavy (non-hydrogen) atoms. The second kappa shape index (κ2) is 9.83. The highest BCUT2D eigenvalue weighted by Gasteiger charge is 2.31. The number of anilines is 1. The molecule has 1 N–H and O–H groups in total. The smallest absolute Gasteiger partial charge is 0.337 e. The van der Waals surface area contributed by atoms with E-state index in [0.29, 0.717) is 34.0 Å². The summed E-state index contributed by atoms with van der Waals surface area (Å²) in [5.41, 5.74) is 3.57. The number of amides is 1. The molecule has 0 fully saturated rings. The molecule has 0 saturated carbocycles. The van der Waals surface area contributed by atoms with E-state index < -0.39 is 11.9 Å². The summed E-state index contributed by atoms with van der Waals surface area (Å²) in [7, 11) is 1.33. The molecule has 0 aliphatic carbocycles. The quantitative estimate of drug-likeness (QED) is 0.266. The molecule has 0 bridgehead atoms. The second-order valence-electron chi connectivity index (χ2n) is 8.26. The van der Waals surface area contributed by atoms with Crippen molar-refractivity contribution in [3.05, 3.63) is 125 Å². The number of benzene rings is 3. The van der Waals surface area contributed by atoms with Crippen LogP contribution in [0.15, 0.2) is 107 Å². The maximum Gasteiger partial charge on any atom is 0.337 e. The van der Waals surface area contributed by atoms with Gasteiger partial charge in [0.15, 0.2) is 0 Å². The Morgan fingerprint density at radius 3 is 2.32 bits per heavy atom. The number of carboxylic acid groups (broad SMARTS) is 1. The van der Waals surface area contributed by atoms with Crippen LogP contribution < -0.4 is 4.90 Å². The van der Waals surface area contributed by atoms with Gasteiger partial charge in [0.2, 0.25) is 0 Å². The van der Waals surface area contributed by atoms with E-state index in [4.69, 9.17) is 9.15 Å². The highest BCUT2D eigenvalue weighted by molar-refractivity contribution is 6.23. The van der Waals surface area contributed by atoms with E-state index in [-0.39, 0.29) is 11.5 Å². The molecule has 1 amide bonds. The second-order valence-corrected chi connectivity index (χ2v) is 8.26. The zero-order valence-electron chi connectivity index (χ0n) is 19.8. The fourth-order valence-corrected chi connectivity index (χ4v) is 4.10. The average Bonchev–Trinajstić information content (AvgIpc) is 3.53. The molecule has 1 aliphatic rings. The van der Waals surface area contributed by atoms with E-state index in [0.717, 1.165) is 11.1 Å². The Balaban J connectivity index is 1.50. The topological polar surface area (TPSA) is 97.0 Å². The van der Waals surface area contributed by atoms with Gasteiger partial charge in [0.1, 0.15) is 11.5 Å². The molecule has 4 aromatic rings. The van der Waals surface area contributed by atoms with Crippen molar-refractivity contribution in [2.24, 2.45) is 0 Å². The van der Waals surface area contributed by atoms with Crippen molar-refractivity contribution in [2.75, 3.05) is 12.0 Å². The first-order chi connectivity index (χ1) is 17.9. The van der Waals surface area contributed by atoms with Gasteiger partial charge in [-0.2, -0.15) is 0 Å². The van der Waals surface area contributed by atoms with Crippen LogP contribution in [-0.2, 0) is 9.53 Å².